The predicted octanol–water partition coefficient (Wildman–Crippen LogP) is 0.154. The van der Waals surface area contributed by atoms with E-state index in [1.165, 1.54) is 0 Å². The van der Waals surface area contributed by atoms with E-state index in [1.54, 1.807) is 7.11 Å². The van der Waals surface area contributed by atoms with Gasteiger partial charge >= 0.3 is 0 Å². The number of hydrogen-bond acceptors (Lipinski definition) is 4. The molecule has 0 aromatic carbocycles. The van der Waals surface area contributed by atoms with Crippen molar-refractivity contribution in [1.82, 2.24) is 10.6 Å². The molecule has 0 atom stereocenters. The van der Waals surface area contributed by atoms with E-state index < -0.39 is 0 Å². The largest absolute Gasteiger partial charge is 0.382 e. The van der Waals surface area contributed by atoms with E-state index in [0.717, 1.165) is 0 Å². The van der Waals surface area contributed by atoms with Crippen molar-refractivity contribution in [3.05, 3.63) is 0 Å². The molecule has 0 aliphatic rings. The maximum atomic E-state index is 11.3. The van der Waals surface area contributed by atoms with Crippen LogP contribution in [0.3, 0.4) is 0 Å². The van der Waals surface area contributed by atoms with Gasteiger partial charge in [-0.2, -0.15) is 0 Å². The van der Waals surface area contributed by atoms with Crippen LogP contribution in [0.2, 0.25) is 0 Å². The van der Waals surface area contributed by atoms with Gasteiger partial charge in [-0.1, -0.05) is 13.8 Å². The molecule has 0 fully saturated rings. The number of carbonyl (C=O) groups is 1. The zero-order valence-corrected chi connectivity index (χ0v) is 10.5. The Hall–Kier alpha value is -0.650. The van der Waals surface area contributed by atoms with Crippen molar-refractivity contribution in [2.45, 2.75) is 26.3 Å². The van der Waals surface area contributed by atoms with Crippen molar-refractivity contribution >= 4 is 5.91 Å². The lowest BCUT2D eigenvalue weighted by Gasteiger charge is -2.08. The maximum Gasteiger partial charge on any atom is 0.221 e. The van der Waals surface area contributed by atoms with Gasteiger partial charge in [-0.25, -0.2) is 0 Å². The first-order valence-electron chi connectivity index (χ1n) is 5.73. The normalized spacial score (nSPS) is 10.8. The van der Waals surface area contributed by atoms with E-state index >= 15 is 0 Å². The SMILES string of the molecule is COCCOCCNC(=O)CCNC(C)C. The molecule has 0 radical (unpaired) electrons. The monoisotopic (exact) mass is 232 g/mol. The Kier molecular flexibility index (Phi) is 10.4. The van der Waals surface area contributed by atoms with Gasteiger partial charge in [-0.15, -0.1) is 0 Å². The quantitative estimate of drug-likeness (QED) is 0.527. The van der Waals surface area contributed by atoms with Crippen LogP contribution in [0.25, 0.3) is 0 Å². The minimum Gasteiger partial charge on any atom is -0.382 e. The molecule has 5 nitrogen and oxygen atoms in total. The van der Waals surface area contributed by atoms with Crippen LogP contribution in [0.15, 0.2) is 0 Å². The third kappa shape index (κ3) is 11.4. The molecule has 0 aliphatic carbocycles. The molecule has 0 unspecified atom stereocenters. The Bertz CT molecular complexity index is 175. The molecule has 0 spiro atoms. The number of hydrogen-bond donors (Lipinski definition) is 2. The van der Waals surface area contributed by atoms with Crippen LogP contribution >= 0.6 is 0 Å². The second kappa shape index (κ2) is 10.9. The number of amides is 1. The van der Waals surface area contributed by atoms with Crippen molar-refractivity contribution < 1.29 is 14.3 Å². The van der Waals surface area contributed by atoms with Crippen LogP contribution in [0, 0.1) is 0 Å². The summed E-state index contributed by atoms with van der Waals surface area (Å²) < 4.78 is 10.0. The third-order valence-electron chi connectivity index (χ3n) is 1.91. The first-order valence-corrected chi connectivity index (χ1v) is 5.73. The molecule has 0 saturated heterocycles. The zero-order valence-electron chi connectivity index (χ0n) is 10.5. The Balaban J connectivity index is 3.17. The predicted molar refractivity (Wildman–Crippen MR) is 63.5 cm³/mol. The molecule has 2 N–H and O–H groups in total. The summed E-state index contributed by atoms with van der Waals surface area (Å²) in [6, 6.07) is 0.421. The van der Waals surface area contributed by atoms with Gasteiger partial charge in [-0.05, 0) is 0 Å². The number of rotatable bonds is 10. The van der Waals surface area contributed by atoms with Crippen LogP contribution < -0.4 is 10.6 Å². The molecule has 5 heteroatoms. The summed E-state index contributed by atoms with van der Waals surface area (Å²) in [7, 11) is 1.63. The molecule has 96 valence electrons. The molecule has 0 aliphatic heterocycles. The fourth-order valence-corrected chi connectivity index (χ4v) is 1.07. The summed E-state index contributed by atoms with van der Waals surface area (Å²) >= 11 is 0. The van der Waals surface area contributed by atoms with E-state index in [2.05, 4.69) is 24.5 Å². The van der Waals surface area contributed by atoms with Crippen molar-refractivity contribution in [3.63, 3.8) is 0 Å². The smallest absolute Gasteiger partial charge is 0.221 e. The lowest BCUT2D eigenvalue weighted by atomic mass is 10.3. The van der Waals surface area contributed by atoms with Gasteiger partial charge in [0, 0.05) is 32.7 Å². The van der Waals surface area contributed by atoms with Crippen LogP contribution in [0.4, 0.5) is 0 Å². The molecular formula is C11H24N2O3. The highest BCUT2D eigenvalue weighted by molar-refractivity contribution is 5.75. The average Bonchev–Trinajstić information content (AvgIpc) is 2.22. The number of methoxy groups -OCH3 is 1. The summed E-state index contributed by atoms with van der Waals surface area (Å²) in [5.41, 5.74) is 0. The molecule has 16 heavy (non-hydrogen) atoms. The topological polar surface area (TPSA) is 59.6 Å². The molecular weight excluding hydrogens is 208 g/mol. The first-order chi connectivity index (χ1) is 7.66. The highest BCUT2D eigenvalue weighted by Gasteiger charge is 2.00. The Morgan fingerprint density at radius 1 is 1.19 bits per heavy atom. The van der Waals surface area contributed by atoms with Gasteiger partial charge in [0.2, 0.25) is 5.91 Å². The molecule has 0 aromatic rings. The summed E-state index contributed by atoms with van der Waals surface area (Å²) in [6.07, 6.45) is 0.510. The van der Waals surface area contributed by atoms with E-state index in [9.17, 15) is 4.79 Å². The minimum atomic E-state index is 0.0588. The van der Waals surface area contributed by atoms with Gasteiger partial charge in [0.25, 0.3) is 0 Å². The summed E-state index contributed by atoms with van der Waals surface area (Å²) in [5.74, 6) is 0.0588. The molecule has 1 amide bonds. The number of ether oxygens (including phenoxy) is 2. The van der Waals surface area contributed by atoms with Gasteiger partial charge in [0.15, 0.2) is 0 Å². The Labute approximate surface area is 97.9 Å². The van der Waals surface area contributed by atoms with Gasteiger partial charge in [-0.3, -0.25) is 4.79 Å². The van der Waals surface area contributed by atoms with E-state index in [0.29, 0.717) is 45.4 Å². The highest BCUT2D eigenvalue weighted by atomic mass is 16.5. The second-order valence-electron chi connectivity index (χ2n) is 3.81. The van der Waals surface area contributed by atoms with Crippen molar-refractivity contribution in [3.8, 4) is 0 Å². The Morgan fingerprint density at radius 2 is 1.94 bits per heavy atom. The van der Waals surface area contributed by atoms with Gasteiger partial charge < -0.3 is 20.1 Å². The van der Waals surface area contributed by atoms with Crippen LogP contribution in [0.5, 0.6) is 0 Å². The van der Waals surface area contributed by atoms with E-state index in [-0.39, 0.29) is 5.91 Å². The first kappa shape index (κ1) is 15.3. The van der Waals surface area contributed by atoms with Crippen molar-refractivity contribution in [1.29, 1.82) is 0 Å². The zero-order chi connectivity index (χ0) is 12.2. The lowest BCUT2D eigenvalue weighted by molar-refractivity contribution is -0.121. The van der Waals surface area contributed by atoms with Crippen LogP contribution in [0.1, 0.15) is 20.3 Å². The molecule has 0 heterocycles. The Morgan fingerprint density at radius 3 is 2.56 bits per heavy atom. The average molecular weight is 232 g/mol. The lowest BCUT2D eigenvalue weighted by Crippen LogP contribution is -2.32. The number of carbonyl (C=O) groups excluding carboxylic acids is 1. The summed E-state index contributed by atoms with van der Waals surface area (Å²) in [5, 5.41) is 5.97. The van der Waals surface area contributed by atoms with Crippen LogP contribution in [-0.4, -0.2) is 52.0 Å². The molecule has 0 bridgehead atoms. The minimum absolute atomic E-state index is 0.0588. The standard InChI is InChI=1S/C11H24N2O3/c1-10(2)12-5-4-11(14)13-6-7-16-9-8-15-3/h10,12H,4-9H2,1-3H3,(H,13,14). The summed E-state index contributed by atoms with van der Waals surface area (Å²) in [4.78, 5) is 11.3. The summed E-state index contributed by atoms with van der Waals surface area (Å²) in [6.45, 7) is 7.08. The molecule has 0 saturated carbocycles. The number of nitrogens with one attached hydrogen (secondary N) is 2. The molecule has 0 rings (SSSR count). The third-order valence-corrected chi connectivity index (χ3v) is 1.91. The second-order valence-corrected chi connectivity index (χ2v) is 3.81. The molecule has 0 aromatic heterocycles. The van der Waals surface area contributed by atoms with Crippen molar-refractivity contribution in [2.75, 3.05) is 40.0 Å². The van der Waals surface area contributed by atoms with E-state index in [4.69, 9.17) is 9.47 Å². The van der Waals surface area contributed by atoms with Gasteiger partial charge in [0.1, 0.15) is 0 Å². The van der Waals surface area contributed by atoms with E-state index in [1.807, 2.05) is 0 Å². The van der Waals surface area contributed by atoms with Gasteiger partial charge in [0.05, 0.1) is 19.8 Å². The maximum absolute atomic E-state index is 11.3. The fourth-order valence-electron chi connectivity index (χ4n) is 1.07. The fraction of sp³-hybridized carbons (Fsp3) is 0.909. The van der Waals surface area contributed by atoms with Crippen molar-refractivity contribution in [2.24, 2.45) is 0 Å². The van der Waals surface area contributed by atoms with Crippen LogP contribution in [-0.2, 0) is 14.3 Å². The highest BCUT2D eigenvalue weighted by Crippen LogP contribution is 1.81.